The Bertz CT molecular complexity index is 619. The topological polar surface area (TPSA) is 34.2 Å². The van der Waals surface area contributed by atoms with Gasteiger partial charge in [0, 0.05) is 22.4 Å². The molecule has 0 amide bonds. The fourth-order valence-electron chi connectivity index (χ4n) is 2.02. The maximum atomic E-state index is 12.5. The Morgan fingerprint density at radius 2 is 1.95 bits per heavy atom. The van der Waals surface area contributed by atoms with Crippen LogP contribution < -0.4 is 10.1 Å². The SMILES string of the molecule is CNC(c1cncc(Br)c1)c1ccccc1OC(F)(F)F. The molecule has 112 valence electrons. The lowest BCUT2D eigenvalue weighted by Gasteiger charge is -2.21. The summed E-state index contributed by atoms with van der Waals surface area (Å²) in [4.78, 5) is 4.03. The summed E-state index contributed by atoms with van der Waals surface area (Å²) in [7, 11) is 1.66. The monoisotopic (exact) mass is 360 g/mol. The summed E-state index contributed by atoms with van der Waals surface area (Å²) in [6.45, 7) is 0. The number of aromatic nitrogens is 1. The number of nitrogens with zero attached hydrogens (tertiary/aromatic N) is 1. The highest BCUT2D eigenvalue weighted by Crippen LogP contribution is 2.33. The summed E-state index contributed by atoms with van der Waals surface area (Å²) < 4.78 is 42.3. The number of rotatable bonds is 4. The fraction of sp³-hybridized carbons (Fsp3) is 0.214. The van der Waals surface area contributed by atoms with Crippen molar-refractivity contribution in [2.45, 2.75) is 12.4 Å². The molecule has 0 aliphatic rings. The van der Waals surface area contributed by atoms with Gasteiger partial charge in [-0.05, 0) is 40.7 Å². The predicted octanol–water partition coefficient (Wildman–Crippen LogP) is 4.05. The standard InChI is InChI=1S/C14H12BrF3N2O/c1-19-13(9-6-10(15)8-20-7-9)11-4-2-3-5-12(11)21-14(16,17)18/h2-8,13,19H,1H3. The van der Waals surface area contributed by atoms with Gasteiger partial charge in [0.1, 0.15) is 5.75 Å². The third kappa shape index (κ3) is 4.18. The van der Waals surface area contributed by atoms with E-state index in [1.165, 1.54) is 12.1 Å². The van der Waals surface area contributed by atoms with Crippen molar-refractivity contribution < 1.29 is 17.9 Å². The van der Waals surface area contributed by atoms with Gasteiger partial charge >= 0.3 is 6.36 Å². The third-order valence-corrected chi connectivity index (χ3v) is 3.24. The van der Waals surface area contributed by atoms with Crippen molar-refractivity contribution >= 4 is 15.9 Å². The van der Waals surface area contributed by atoms with Crippen LogP contribution in [0.3, 0.4) is 0 Å². The number of pyridine rings is 1. The lowest BCUT2D eigenvalue weighted by molar-refractivity contribution is -0.275. The van der Waals surface area contributed by atoms with Crippen LogP contribution in [0.5, 0.6) is 5.75 Å². The Labute approximate surface area is 128 Å². The van der Waals surface area contributed by atoms with E-state index in [0.717, 1.165) is 10.0 Å². The lowest BCUT2D eigenvalue weighted by Crippen LogP contribution is -2.22. The summed E-state index contributed by atoms with van der Waals surface area (Å²) in [5.74, 6) is -0.232. The van der Waals surface area contributed by atoms with Crippen molar-refractivity contribution in [2.75, 3.05) is 7.05 Å². The molecule has 1 unspecified atom stereocenters. The molecule has 0 saturated carbocycles. The number of nitrogens with one attached hydrogen (secondary N) is 1. The molecule has 1 heterocycles. The van der Waals surface area contributed by atoms with Crippen LogP contribution in [0.4, 0.5) is 13.2 Å². The zero-order valence-corrected chi connectivity index (χ0v) is 12.6. The molecular formula is C14H12BrF3N2O. The first-order valence-electron chi connectivity index (χ1n) is 6.03. The quantitative estimate of drug-likeness (QED) is 0.892. The predicted molar refractivity (Wildman–Crippen MR) is 76.0 cm³/mol. The highest BCUT2D eigenvalue weighted by atomic mass is 79.9. The smallest absolute Gasteiger partial charge is 0.405 e. The number of benzene rings is 1. The van der Waals surface area contributed by atoms with Crippen LogP contribution in [0, 0.1) is 0 Å². The molecule has 2 aromatic rings. The molecule has 2 rings (SSSR count). The van der Waals surface area contributed by atoms with Crippen molar-refractivity contribution in [1.29, 1.82) is 0 Å². The van der Waals surface area contributed by atoms with E-state index in [4.69, 9.17) is 0 Å². The molecule has 0 radical (unpaired) electrons. The van der Waals surface area contributed by atoms with Crippen molar-refractivity contribution in [3.05, 3.63) is 58.3 Å². The van der Waals surface area contributed by atoms with Crippen molar-refractivity contribution in [1.82, 2.24) is 10.3 Å². The van der Waals surface area contributed by atoms with E-state index in [2.05, 4.69) is 31.0 Å². The molecule has 1 aromatic carbocycles. The van der Waals surface area contributed by atoms with Gasteiger partial charge in [-0.3, -0.25) is 4.98 Å². The molecule has 0 fully saturated rings. The second kappa shape index (κ2) is 6.44. The van der Waals surface area contributed by atoms with E-state index in [-0.39, 0.29) is 5.75 Å². The Balaban J connectivity index is 2.43. The van der Waals surface area contributed by atoms with E-state index in [9.17, 15) is 13.2 Å². The Kier molecular flexibility index (Phi) is 4.84. The van der Waals surface area contributed by atoms with Crippen LogP contribution in [0.25, 0.3) is 0 Å². The van der Waals surface area contributed by atoms with E-state index in [1.54, 1.807) is 37.6 Å². The van der Waals surface area contributed by atoms with Crippen LogP contribution in [-0.4, -0.2) is 18.4 Å². The molecule has 1 aromatic heterocycles. The first-order chi connectivity index (χ1) is 9.90. The number of hydrogen-bond acceptors (Lipinski definition) is 3. The largest absolute Gasteiger partial charge is 0.573 e. The zero-order chi connectivity index (χ0) is 15.5. The number of ether oxygens (including phenoxy) is 1. The minimum Gasteiger partial charge on any atom is -0.405 e. The summed E-state index contributed by atoms with van der Waals surface area (Å²) in [6.07, 6.45) is -1.53. The second-order valence-electron chi connectivity index (χ2n) is 4.24. The Morgan fingerprint density at radius 3 is 2.57 bits per heavy atom. The van der Waals surface area contributed by atoms with E-state index < -0.39 is 12.4 Å². The first-order valence-corrected chi connectivity index (χ1v) is 6.82. The van der Waals surface area contributed by atoms with Crippen molar-refractivity contribution in [3.8, 4) is 5.75 Å². The van der Waals surface area contributed by atoms with Crippen molar-refractivity contribution in [2.24, 2.45) is 0 Å². The van der Waals surface area contributed by atoms with E-state index >= 15 is 0 Å². The van der Waals surface area contributed by atoms with Gasteiger partial charge in [0.05, 0.1) is 6.04 Å². The summed E-state index contributed by atoms with van der Waals surface area (Å²) in [5.41, 5.74) is 1.11. The van der Waals surface area contributed by atoms with Gasteiger partial charge in [-0.25, -0.2) is 0 Å². The minimum atomic E-state index is -4.73. The van der Waals surface area contributed by atoms with Gasteiger partial charge in [0.15, 0.2) is 0 Å². The average molecular weight is 361 g/mol. The normalized spacial score (nSPS) is 13.0. The zero-order valence-electron chi connectivity index (χ0n) is 11.0. The highest BCUT2D eigenvalue weighted by molar-refractivity contribution is 9.10. The van der Waals surface area contributed by atoms with Gasteiger partial charge in [0.25, 0.3) is 0 Å². The van der Waals surface area contributed by atoms with Crippen molar-refractivity contribution in [3.63, 3.8) is 0 Å². The molecule has 7 heteroatoms. The molecule has 0 bridgehead atoms. The summed E-state index contributed by atoms with van der Waals surface area (Å²) in [6, 6.07) is 7.36. The summed E-state index contributed by atoms with van der Waals surface area (Å²) in [5, 5.41) is 2.98. The van der Waals surface area contributed by atoms with Crippen LogP contribution in [-0.2, 0) is 0 Å². The average Bonchev–Trinajstić information content (AvgIpc) is 2.40. The molecule has 1 atom stereocenters. The second-order valence-corrected chi connectivity index (χ2v) is 5.16. The molecule has 21 heavy (non-hydrogen) atoms. The number of hydrogen-bond donors (Lipinski definition) is 1. The van der Waals surface area contributed by atoms with Gasteiger partial charge in [-0.1, -0.05) is 18.2 Å². The molecule has 0 aliphatic heterocycles. The number of para-hydroxylation sites is 1. The molecular weight excluding hydrogens is 349 g/mol. The van der Waals surface area contributed by atoms with E-state index in [0.29, 0.717) is 5.56 Å². The molecule has 1 N–H and O–H groups in total. The van der Waals surface area contributed by atoms with Crippen LogP contribution in [0.2, 0.25) is 0 Å². The number of halogens is 4. The van der Waals surface area contributed by atoms with Gasteiger partial charge in [-0.2, -0.15) is 0 Å². The van der Waals surface area contributed by atoms with E-state index in [1.807, 2.05) is 0 Å². The molecule has 0 saturated heterocycles. The fourth-order valence-corrected chi connectivity index (χ4v) is 2.41. The maximum absolute atomic E-state index is 12.5. The third-order valence-electron chi connectivity index (χ3n) is 2.80. The van der Waals surface area contributed by atoms with Gasteiger partial charge in [0.2, 0.25) is 0 Å². The number of alkyl halides is 3. The highest BCUT2D eigenvalue weighted by Gasteiger charge is 2.33. The molecule has 3 nitrogen and oxygen atoms in total. The van der Waals surface area contributed by atoms with Crippen LogP contribution >= 0.6 is 15.9 Å². The summed E-state index contributed by atoms with van der Waals surface area (Å²) >= 11 is 3.30. The van der Waals surface area contributed by atoms with Gasteiger partial charge in [-0.15, -0.1) is 13.2 Å². The maximum Gasteiger partial charge on any atom is 0.573 e. The van der Waals surface area contributed by atoms with Crippen LogP contribution in [0.1, 0.15) is 17.2 Å². The molecule has 0 spiro atoms. The van der Waals surface area contributed by atoms with Gasteiger partial charge < -0.3 is 10.1 Å². The lowest BCUT2D eigenvalue weighted by atomic mass is 9.99. The first kappa shape index (κ1) is 15.8. The minimum absolute atomic E-state index is 0.232. The van der Waals surface area contributed by atoms with Crippen LogP contribution in [0.15, 0.2) is 47.2 Å². The Morgan fingerprint density at radius 1 is 1.24 bits per heavy atom. The Hall–Kier alpha value is -1.60. The molecule has 0 aliphatic carbocycles.